The molecule has 2 nitrogen and oxygen atoms in total. The van der Waals surface area contributed by atoms with Crippen LogP contribution in [0.25, 0.3) is 0 Å². The van der Waals surface area contributed by atoms with Crippen LogP contribution in [-0.4, -0.2) is 5.11 Å². The number of hydrogen-bond acceptors (Lipinski definition) is 2. The summed E-state index contributed by atoms with van der Waals surface area (Å²) in [4.78, 5) is 0. The van der Waals surface area contributed by atoms with Crippen LogP contribution in [0.1, 0.15) is 6.92 Å². The van der Waals surface area contributed by atoms with E-state index in [4.69, 9.17) is 10.8 Å². The van der Waals surface area contributed by atoms with E-state index in [1.165, 1.54) is 12.3 Å². The van der Waals surface area contributed by atoms with Crippen LogP contribution >= 0.6 is 0 Å². The van der Waals surface area contributed by atoms with Crippen molar-refractivity contribution in [3.05, 3.63) is 36.3 Å². The minimum Gasteiger partial charge on any atom is -0.509 e. The van der Waals surface area contributed by atoms with E-state index in [9.17, 15) is 0 Å². The summed E-state index contributed by atoms with van der Waals surface area (Å²) in [5, 5.41) is 8.55. The van der Waals surface area contributed by atoms with Crippen molar-refractivity contribution in [3.8, 4) is 0 Å². The minimum atomic E-state index is 0.0381. The molecule has 0 bridgehead atoms. The highest BCUT2D eigenvalue weighted by Crippen LogP contribution is 1.93. The van der Waals surface area contributed by atoms with E-state index in [1.807, 2.05) is 6.92 Å². The van der Waals surface area contributed by atoms with Crippen LogP contribution in [-0.2, 0) is 0 Å². The predicted molar refractivity (Wildman–Crippen MR) is 38.9 cm³/mol. The van der Waals surface area contributed by atoms with E-state index in [-0.39, 0.29) is 5.76 Å². The van der Waals surface area contributed by atoms with Crippen molar-refractivity contribution >= 4 is 0 Å². The Morgan fingerprint density at radius 3 is 2.44 bits per heavy atom. The van der Waals surface area contributed by atoms with Gasteiger partial charge >= 0.3 is 0 Å². The Labute approximate surface area is 55.0 Å². The van der Waals surface area contributed by atoms with Crippen LogP contribution in [0.15, 0.2) is 36.3 Å². The molecular formula is C7H11NO. The molecular weight excluding hydrogens is 114 g/mol. The molecule has 0 unspecified atom stereocenters. The van der Waals surface area contributed by atoms with Gasteiger partial charge in [0, 0.05) is 0 Å². The zero-order valence-corrected chi connectivity index (χ0v) is 5.46. The van der Waals surface area contributed by atoms with Gasteiger partial charge in [0.25, 0.3) is 0 Å². The first-order chi connectivity index (χ1) is 4.16. The predicted octanol–water partition coefficient (Wildman–Crippen LogP) is 1.48. The van der Waals surface area contributed by atoms with E-state index in [0.717, 1.165) is 5.57 Å². The van der Waals surface area contributed by atoms with Crippen molar-refractivity contribution in [2.24, 2.45) is 5.73 Å². The topological polar surface area (TPSA) is 46.2 Å². The molecule has 0 rings (SSSR count). The van der Waals surface area contributed by atoms with Crippen molar-refractivity contribution in [1.82, 2.24) is 0 Å². The van der Waals surface area contributed by atoms with Crippen LogP contribution in [0.5, 0.6) is 0 Å². The Bertz CT molecular complexity index is 156. The van der Waals surface area contributed by atoms with E-state index in [1.54, 1.807) is 6.08 Å². The number of rotatable bonds is 2. The summed E-state index contributed by atoms with van der Waals surface area (Å²) in [5.41, 5.74) is 6.03. The average Bonchev–Trinajstić information content (AvgIpc) is 1.83. The van der Waals surface area contributed by atoms with Crippen LogP contribution in [0.4, 0.5) is 0 Å². The fraction of sp³-hybridized carbons (Fsp3) is 0.143. The lowest BCUT2D eigenvalue weighted by molar-refractivity contribution is 0.435. The summed E-state index contributed by atoms with van der Waals surface area (Å²) in [7, 11) is 0. The Hall–Kier alpha value is -1.18. The monoisotopic (exact) mass is 125 g/mol. The molecule has 2 heteroatoms. The molecule has 0 aromatic carbocycles. The molecule has 0 fully saturated rings. The first-order valence-corrected chi connectivity index (χ1v) is 2.61. The maximum Gasteiger partial charge on any atom is 0.108 e. The average molecular weight is 125 g/mol. The minimum absolute atomic E-state index is 0.0381. The van der Waals surface area contributed by atoms with Gasteiger partial charge in [-0.2, -0.15) is 0 Å². The molecule has 0 aromatic heterocycles. The van der Waals surface area contributed by atoms with Crippen LogP contribution in [0.2, 0.25) is 0 Å². The second kappa shape index (κ2) is 3.78. The van der Waals surface area contributed by atoms with Crippen molar-refractivity contribution in [2.45, 2.75) is 6.92 Å². The van der Waals surface area contributed by atoms with E-state index < -0.39 is 0 Å². The highest BCUT2D eigenvalue weighted by molar-refractivity contribution is 5.20. The summed E-state index contributed by atoms with van der Waals surface area (Å²) in [6.07, 6.45) is 4.63. The van der Waals surface area contributed by atoms with Gasteiger partial charge in [-0.3, -0.25) is 0 Å². The Morgan fingerprint density at radius 1 is 1.56 bits per heavy atom. The molecule has 0 radical (unpaired) electrons. The molecule has 0 aliphatic heterocycles. The number of nitrogens with two attached hydrogens (primary N) is 1. The molecule has 50 valence electrons. The lowest BCUT2D eigenvalue weighted by atomic mass is 10.3. The van der Waals surface area contributed by atoms with Gasteiger partial charge in [0.05, 0.1) is 0 Å². The van der Waals surface area contributed by atoms with Gasteiger partial charge in [-0.15, -0.1) is 0 Å². The van der Waals surface area contributed by atoms with Crippen molar-refractivity contribution in [2.75, 3.05) is 0 Å². The standard InChI is InChI=1S/C7H11NO/c1-6(5-8)3-4-7(2)9/h3-5,9H,2,8H2,1H3/b4-3-,6-5-. The first kappa shape index (κ1) is 7.82. The summed E-state index contributed by atoms with van der Waals surface area (Å²) >= 11 is 0. The van der Waals surface area contributed by atoms with Crippen molar-refractivity contribution in [1.29, 1.82) is 0 Å². The number of aliphatic hydroxyl groups is 1. The maximum atomic E-state index is 8.55. The van der Waals surface area contributed by atoms with E-state index >= 15 is 0 Å². The summed E-state index contributed by atoms with van der Waals surface area (Å²) in [6, 6.07) is 0. The van der Waals surface area contributed by atoms with Gasteiger partial charge in [0.15, 0.2) is 0 Å². The lowest BCUT2D eigenvalue weighted by Gasteiger charge is -1.86. The molecule has 0 saturated heterocycles. The molecule has 0 spiro atoms. The Kier molecular flexibility index (Phi) is 3.28. The molecule has 0 saturated carbocycles. The molecule has 0 aliphatic rings. The third-order valence-corrected chi connectivity index (χ3v) is 0.802. The second-order valence-corrected chi connectivity index (χ2v) is 1.74. The lowest BCUT2D eigenvalue weighted by Crippen LogP contribution is -1.80. The number of aliphatic hydroxyl groups excluding tert-OH is 1. The quantitative estimate of drug-likeness (QED) is 0.433. The largest absolute Gasteiger partial charge is 0.509 e. The molecule has 0 aromatic rings. The molecule has 0 aliphatic carbocycles. The Balaban J connectivity index is 3.86. The van der Waals surface area contributed by atoms with Crippen molar-refractivity contribution < 1.29 is 5.11 Å². The third kappa shape index (κ3) is 4.68. The fourth-order valence-electron chi connectivity index (χ4n) is 0.283. The van der Waals surface area contributed by atoms with Crippen LogP contribution in [0.3, 0.4) is 0 Å². The molecule has 3 N–H and O–H groups in total. The number of hydrogen-bond donors (Lipinski definition) is 2. The summed E-state index contributed by atoms with van der Waals surface area (Å²) in [5.74, 6) is 0.0381. The normalized spacial score (nSPS) is 12.3. The van der Waals surface area contributed by atoms with E-state index in [0.29, 0.717) is 0 Å². The molecule has 9 heavy (non-hydrogen) atoms. The zero-order chi connectivity index (χ0) is 7.28. The van der Waals surface area contributed by atoms with Gasteiger partial charge in [0.2, 0.25) is 0 Å². The third-order valence-electron chi connectivity index (χ3n) is 0.802. The SMILES string of the molecule is C=C(O)/C=C\C(C)=C/N. The van der Waals surface area contributed by atoms with Crippen molar-refractivity contribution in [3.63, 3.8) is 0 Å². The van der Waals surface area contributed by atoms with Gasteiger partial charge in [-0.1, -0.05) is 12.7 Å². The van der Waals surface area contributed by atoms with Gasteiger partial charge in [0.1, 0.15) is 5.76 Å². The molecule has 0 heterocycles. The van der Waals surface area contributed by atoms with Gasteiger partial charge < -0.3 is 10.8 Å². The molecule has 0 atom stereocenters. The fourth-order valence-corrected chi connectivity index (χ4v) is 0.283. The van der Waals surface area contributed by atoms with Gasteiger partial charge in [-0.25, -0.2) is 0 Å². The maximum absolute atomic E-state index is 8.55. The van der Waals surface area contributed by atoms with Crippen LogP contribution in [0, 0.1) is 0 Å². The van der Waals surface area contributed by atoms with E-state index in [2.05, 4.69) is 6.58 Å². The molecule has 0 amide bonds. The number of allylic oxidation sites excluding steroid dienone is 3. The summed E-state index contributed by atoms with van der Waals surface area (Å²) < 4.78 is 0. The summed E-state index contributed by atoms with van der Waals surface area (Å²) in [6.45, 7) is 5.09. The zero-order valence-electron chi connectivity index (χ0n) is 5.46. The van der Waals surface area contributed by atoms with Crippen LogP contribution < -0.4 is 5.73 Å². The van der Waals surface area contributed by atoms with Gasteiger partial charge in [-0.05, 0) is 24.8 Å². The highest BCUT2D eigenvalue weighted by atomic mass is 16.3. The Morgan fingerprint density at radius 2 is 2.11 bits per heavy atom. The smallest absolute Gasteiger partial charge is 0.108 e. The highest BCUT2D eigenvalue weighted by Gasteiger charge is 1.77. The second-order valence-electron chi connectivity index (χ2n) is 1.74. The first-order valence-electron chi connectivity index (χ1n) is 2.61.